The third kappa shape index (κ3) is 4.91. The lowest BCUT2D eigenvalue weighted by Gasteiger charge is -2.37. The minimum atomic E-state index is -1.14. The van der Waals surface area contributed by atoms with Gasteiger partial charge in [0, 0.05) is 27.9 Å². The minimum Gasteiger partial charge on any atom is -0.467 e. The molecule has 6 heteroatoms. The summed E-state index contributed by atoms with van der Waals surface area (Å²) in [7, 11) is 1.34. The molecule has 1 atom stereocenters. The summed E-state index contributed by atoms with van der Waals surface area (Å²) in [6.07, 6.45) is 7.52. The summed E-state index contributed by atoms with van der Waals surface area (Å²) in [6.45, 7) is 0. The third-order valence-corrected chi connectivity index (χ3v) is 7.84. The van der Waals surface area contributed by atoms with Crippen LogP contribution in [0.3, 0.4) is 0 Å². The molecular formula is C28H34N2O4. The van der Waals surface area contributed by atoms with Crippen LogP contribution in [0.1, 0.15) is 68.9 Å². The number of ether oxygens (including phenoxy) is 1. The summed E-state index contributed by atoms with van der Waals surface area (Å²) in [5, 5.41) is 12.9. The number of carbonyl (C=O) groups is 1. The average Bonchev–Trinajstić information content (AvgIpc) is 3.60. The summed E-state index contributed by atoms with van der Waals surface area (Å²) in [5.41, 5.74) is 1.26. The molecule has 6 nitrogen and oxygen atoms in total. The first kappa shape index (κ1) is 24.1. The molecule has 0 amide bonds. The standard InChI is InChI=1S/C28H34N2O4/c1-34-27(31)25(29-26(21-12-4-2-5-13-21)22-14-6-3-7-15-22)20-28(30(32)33,23-16-8-9-17-23)24-18-10-11-19-24/h2-7,12-15,23-25H,8-11,16-20H2,1H3. The lowest BCUT2D eigenvalue weighted by molar-refractivity contribution is -0.594. The lowest BCUT2D eigenvalue weighted by atomic mass is 9.69. The van der Waals surface area contributed by atoms with Crippen LogP contribution >= 0.6 is 0 Å². The summed E-state index contributed by atoms with van der Waals surface area (Å²) in [4.78, 5) is 30.8. The van der Waals surface area contributed by atoms with Gasteiger partial charge in [-0.2, -0.15) is 0 Å². The van der Waals surface area contributed by atoms with E-state index in [0.717, 1.165) is 62.5 Å². The topological polar surface area (TPSA) is 81.8 Å². The summed E-state index contributed by atoms with van der Waals surface area (Å²) in [5.74, 6) is -0.554. The molecule has 180 valence electrons. The van der Waals surface area contributed by atoms with Crippen molar-refractivity contribution in [3.05, 3.63) is 81.9 Å². The number of hydrogen-bond acceptors (Lipinski definition) is 5. The highest BCUT2D eigenvalue weighted by Crippen LogP contribution is 2.49. The fraction of sp³-hybridized carbons (Fsp3) is 0.500. The van der Waals surface area contributed by atoms with Gasteiger partial charge in [0.05, 0.1) is 19.2 Å². The van der Waals surface area contributed by atoms with Gasteiger partial charge in [0.2, 0.25) is 5.54 Å². The van der Waals surface area contributed by atoms with Crippen LogP contribution in [0, 0.1) is 22.0 Å². The van der Waals surface area contributed by atoms with Crippen molar-refractivity contribution >= 4 is 11.7 Å². The quantitative estimate of drug-likeness (QED) is 0.202. The largest absolute Gasteiger partial charge is 0.467 e. The number of carbonyl (C=O) groups excluding carboxylic acids is 1. The molecule has 0 aliphatic heterocycles. The number of nitro groups is 1. The van der Waals surface area contributed by atoms with E-state index in [1.165, 1.54) is 7.11 Å². The van der Waals surface area contributed by atoms with E-state index in [2.05, 4.69) is 0 Å². The highest BCUT2D eigenvalue weighted by molar-refractivity contribution is 6.13. The van der Waals surface area contributed by atoms with Crippen molar-refractivity contribution in [2.24, 2.45) is 16.8 Å². The summed E-state index contributed by atoms with van der Waals surface area (Å²) >= 11 is 0. The first-order valence-electron chi connectivity index (χ1n) is 12.5. The van der Waals surface area contributed by atoms with Gasteiger partial charge in [-0.05, 0) is 25.7 Å². The Balaban J connectivity index is 1.81. The second-order valence-electron chi connectivity index (χ2n) is 9.66. The SMILES string of the molecule is COC(=O)C(CC(C1CCCC1)(C1CCCC1)[N+](=O)[O-])N=C(c1ccccc1)c1ccccc1. The van der Waals surface area contributed by atoms with Crippen LogP contribution in [0.2, 0.25) is 0 Å². The van der Waals surface area contributed by atoms with Gasteiger partial charge in [-0.25, -0.2) is 4.79 Å². The highest BCUT2D eigenvalue weighted by atomic mass is 16.6. The molecule has 2 aliphatic rings. The molecule has 0 N–H and O–H groups in total. The average molecular weight is 463 g/mol. The Morgan fingerprint density at radius 1 is 0.941 bits per heavy atom. The molecule has 1 unspecified atom stereocenters. The van der Waals surface area contributed by atoms with Gasteiger partial charge in [-0.15, -0.1) is 0 Å². The predicted molar refractivity (Wildman–Crippen MR) is 133 cm³/mol. The smallest absolute Gasteiger partial charge is 0.330 e. The zero-order valence-electron chi connectivity index (χ0n) is 19.9. The highest BCUT2D eigenvalue weighted by Gasteiger charge is 2.58. The number of benzene rings is 2. The fourth-order valence-corrected chi connectivity index (χ4v) is 6.18. The molecule has 0 heterocycles. The number of rotatable bonds is 9. The Morgan fingerprint density at radius 2 is 1.38 bits per heavy atom. The molecule has 34 heavy (non-hydrogen) atoms. The molecule has 0 spiro atoms. The van der Waals surface area contributed by atoms with Crippen LogP contribution in [0.15, 0.2) is 65.7 Å². The molecular weight excluding hydrogens is 428 g/mol. The first-order valence-corrected chi connectivity index (χ1v) is 12.5. The van der Waals surface area contributed by atoms with Gasteiger partial charge in [0.15, 0.2) is 6.04 Å². The molecule has 4 rings (SSSR count). The molecule has 2 aliphatic carbocycles. The number of aliphatic imine (C=N–C) groups is 1. The van der Waals surface area contributed by atoms with E-state index in [4.69, 9.17) is 9.73 Å². The van der Waals surface area contributed by atoms with Gasteiger partial charge in [0.1, 0.15) is 0 Å². The second kappa shape index (κ2) is 10.9. The number of hydrogen-bond donors (Lipinski definition) is 0. The van der Waals surface area contributed by atoms with E-state index in [-0.39, 0.29) is 23.2 Å². The zero-order valence-corrected chi connectivity index (χ0v) is 19.9. The van der Waals surface area contributed by atoms with Gasteiger partial charge in [-0.1, -0.05) is 86.3 Å². The van der Waals surface area contributed by atoms with Crippen molar-refractivity contribution in [2.45, 2.75) is 69.4 Å². The minimum absolute atomic E-state index is 0.0233. The fourth-order valence-electron chi connectivity index (χ4n) is 6.18. The monoisotopic (exact) mass is 462 g/mol. The van der Waals surface area contributed by atoms with Crippen LogP contribution < -0.4 is 0 Å². The molecule has 0 saturated heterocycles. The van der Waals surface area contributed by atoms with Crippen LogP contribution in [0.5, 0.6) is 0 Å². The van der Waals surface area contributed by atoms with Crippen LogP contribution in [-0.4, -0.2) is 35.3 Å². The van der Waals surface area contributed by atoms with E-state index >= 15 is 0 Å². The Bertz CT molecular complexity index is 936. The van der Waals surface area contributed by atoms with Crippen molar-refractivity contribution in [1.29, 1.82) is 0 Å². The van der Waals surface area contributed by atoms with Crippen LogP contribution in [0.25, 0.3) is 0 Å². The molecule has 2 aromatic carbocycles. The van der Waals surface area contributed by atoms with Crippen molar-refractivity contribution in [2.75, 3.05) is 7.11 Å². The predicted octanol–water partition coefficient (Wildman–Crippen LogP) is 5.85. The third-order valence-electron chi connectivity index (χ3n) is 7.84. The van der Waals surface area contributed by atoms with E-state index in [0.29, 0.717) is 5.71 Å². The van der Waals surface area contributed by atoms with E-state index in [9.17, 15) is 14.9 Å². The summed E-state index contributed by atoms with van der Waals surface area (Å²) in [6, 6.07) is 18.5. The van der Waals surface area contributed by atoms with Gasteiger partial charge < -0.3 is 4.74 Å². The van der Waals surface area contributed by atoms with Crippen molar-refractivity contribution < 1.29 is 14.5 Å². The maximum Gasteiger partial charge on any atom is 0.330 e. The Labute approximate surface area is 201 Å². The molecule has 2 aromatic rings. The van der Waals surface area contributed by atoms with E-state index in [1.807, 2.05) is 60.7 Å². The molecule has 0 radical (unpaired) electrons. The Morgan fingerprint density at radius 3 is 1.76 bits per heavy atom. The first-order chi connectivity index (χ1) is 16.6. The number of methoxy groups -OCH3 is 1. The van der Waals surface area contributed by atoms with Gasteiger partial charge in [0.25, 0.3) is 0 Å². The Hall–Kier alpha value is -3.02. The molecule has 2 fully saturated rings. The number of esters is 1. The molecule has 0 bridgehead atoms. The van der Waals surface area contributed by atoms with Crippen molar-refractivity contribution in [3.63, 3.8) is 0 Å². The second-order valence-corrected chi connectivity index (χ2v) is 9.66. The maximum absolute atomic E-state index is 13.1. The van der Waals surface area contributed by atoms with E-state index in [1.54, 1.807) is 0 Å². The maximum atomic E-state index is 13.1. The van der Waals surface area contributed by atoms with Crippen molar-refractivity contribution in [1.82, 2.24) is 0 Å². The Kier molecular flexibility index (Phi) is 7.76. The normalized spacial score (nSPS) is 17.9. The van der Waals surface area contributed by atoms with E-state index < -0.39 is 17.6 Å². The molecule has 0 aromatic heterocycles. The van der Waals surface area contributed by atoms with Crippen molar-refractivity contribution in [3.8, 4) is 0 Å². The van der Waals surface area contributed by atoms with Crippen LogP contribution in [-0.2, 0) is 9.53 Å². The van der Waals surface area contributed by atoms with Crippen LogP contribution in [0.4, 0.5) is 0 Å². The van der Waals surface area contributed by atoms with Gasteiger partial charge >= 0.3 is 5.97 Å². The zero-order chi connectivity index (χ0) is 24.0. The lowest BCUT2D eigenvalue weighted by Crippen LogP contribution is -2.53. The number of nitrogens with zero attached hydrogens (tertiary/aromatic N) is 2. The summed E-state index contributed by atoms with van der Waals surface area (Å²) < 4.78 is 5.17. The van der Waals surface area contributed by atoms with Gasteiger partial charge in [-0.3, -0.25) is 15.1 Å². The molecule has 2 saturated carbocycles.